The van der Waals surface area contributed by atoms with Crippen molar-refractivity contribution in [3.63, 3.8) is 0 Å². The lowest BCUT2D eigenvalue weighted by molar-refractivity contribution is 1.19. The zero-order valence-corrected chi connectivity index (χ0v) is 10.4. The second-order valence-electron chi connectivity index (χ2n) is 3.51. The third-order valence-electron chi connectivity index (χ3n) is 2.34. The van der Waals surface area contributed by atoms with Gasteiger partial charge in [-0.15, -0.1) is 0 Å². The maximum absolute atomic E-state index is 5.93. The molecule has 0 heterocycles. The van der Waals surface area contributed by atoms with Gasteiger partial charge in [-0.25, -0.2) is 0 Å². The van der Waals surface area contributed by atoms with E-state index in [1.54, 1.807) is 0 Å². The predicted octanol–water partition coefficient (Wildman–Crippen LogP) is 3.46. The number of halogens is 1. The van der Waals surface area contributed by atoms with E-state index < -0.39 is 0 Å². The van der Waals surface area contributed by atoms with Crippen LogP contribution in [0.2, 0.25) is 0 Å². The molecule has 15 heavy (non-hydrogen) atoms. The van der Waals surface area contributed by atoms with Crippen LogP contribution < -0.4 is 5.73 Å². The van der Waals surface area contributed by atoms with Gasteiger partial charge in [0.25, 0.3) is 0 Å². The first kappa shape index (κ1) is 10.5. The molecule has 2 N–H and O–H groups in total. The summed E-state index contributed by atoms with van der Waals surface area (Å²) >= 11 is 2.31. The Morgan fingerprint density at radius 1 is 1.00 bits per heavy atom. The van der Waals surface area contributed by atoms with Gasteiger partial charge in [0.15, 0.2) is 0 Å². The second-order valence-corrected chi connectivity index (χ2v) is 4.75. The maximum atomic E-state index is 5.93. The maximum Gasteiger partial charge on any atom is 0.0350 e. The summed E-state index contributed by atoms with van der Waals surface area (Å²) in [6, 6.07) is 16.5. The zero-order valence-electron chi connectivity index (χ0n) is 8.28. The molecule has 0 aliphatic heterocycles. The number of nitrogen functional groups attached to an aromatic ring is 1. The van der Waals surface area contributed by atoms with Crippen molar-refractivity contribution in [3.8, 4) is 0 Å². The van der Waals surface area contributed by atoms with Crippen molar-refractivity contribution in [1.82, 2.24) is 0 Å². The van der Waals surface area contributed by atoms with Crippen molar-refractivity contribution in [2.24, 2.45) is 0 Å². The molecule has 2 aromatic carbocycles. The van der Waals surface area contributed by atoms with E-state index in [0.717, 1.165) is 12.1 Å². The summed E-state index contributed by atoms with van der Waals surface area (Å²) in [5, 5.41) is 0. The fraction of sp³-hybridized carbons (Fsp3) is 0.0769. The summed E-state index contributed by atoms with van der Waals surface area (Å²) in [5.41, 5.74) is 9.31. The standard InChI is InChI=1S/C13H12IN/c14-12-6-7-13(15)11(9-12)8-10-4-2-1-3-5-10/h1-7,9H,8,15H2. The van der Waals surface area contributed by atoms with E-state index in [1.807, 2.05) is 18.2 Å². The molecule has 0 aromatic heterocycles. The van der Waals surface area contributed by atoms with E-state index in [4.69, 9.17) is 5.73 Å². The normalized spacial score (nSPS) is 10.2. The number of benzene rings is 2. The topological polar surface area (TPSA) is 26.0 Å². The fourth-order valence-electron chi connectivity index (χ4n) is 1.54. The quantitative estimate of drug-likeness (QED) is 0.667. The van der Waals surface area contributed by atoms with Crippen molar-refractivity contribution in [3.05, 3.63) is 63.2 Å². The highest BCUT2D eigenvalue weighted by atomic mass is 127. The average molecular weight is 309 g/mol. The van der Waals surface area contributed by atoms with E-state index in [-0.39, 0.29) is 0 Å². The Morgan fingerprint density at radius 3 is 2.47 bits per heavy atom. The fourth-order valence-corrected chi connectivity index (χ4v) is 2.10. The summed E-state index contributed by atoms with van der Waals surface area (Å²) in [7, 11) is 0. The Labute approximate surface area is 103 Å². The van der Waals surface area contributed by atoms with Crippen LogP contribution in [-0.4, -0.2) is 0 Å². The highest BCUT2D eigenvalue weighted by Crippen LogP contribution is 2.19. The van der Waals surface area contributed by atoms with Gasteiger partial charge >= 0.3 is 0 Å². The lowest BCUT2D eigenvalue weighted by Gasteiger charge is -2.06. The van der Waals surface area contributed by atoms with Crippen LogP contribution in [0, 0.1) is 3.57 Å². The Kier molecular flexibility index (Phi) is 3.26. The van der Waals surface area contributed by atoms with E-state index in [0.29, 0.717) is 0 Å². The van der Waals surface area contributed by atoms with Crippen LogP contribution in [0.25, 0.3) is 0 Å². The monoisotopic (exact) mass is 309 g/mol. The van der Waals surface area contributed by atoms with Gasteiger partial charge in [-0.1, -0.05) is 30.3 Å². The summed E-state index contributed by atoms with van der Waals surface area (Å²) < 4.78 is 1.23. The first-order valence-electron chi connectivity index (χ1n) is 4.83. The third kappa shape index (κ3) is 2.72. The molecule has 2 heteroatoms. The van der Waals surface area contributed by atoms with Crippen molar-refractivity contribution in [1.29, 1.82) is 0 Å². The first-order valence-corrected chi connectivity index (χ1v) is 5.91. The number of hydrogen-bond donors (Lipinski definition) is 1. The number of rotatable bonds is 2. The number of hydrogen-bond acceptors (Lipinski definition) is 1. The van der Waals surface area contributed by atoms with Gasteiger partial charge in [-0.3, -0.25) is 0 Å². The minimum absolute atomic E-state index is 0.874. The molecule has 2 aromatic rings. The number of anilines is 1. The molecule has 0 fully saturated rings. The van der Waals surface area contributed by atoms with Crippen molar-refractivity contribution in [2.75, 3.05) is 5.73 Å². The second kappa shape index (κ2) is 4.66. The average Bonchev–Trinajstić information content (AvgIpc) is 2.25. The molecular weight excluding hydrogens is 297 g/mol. The first-order chi connectivity index (χ1) is 7.25. The smallest absolute Gasteiger partial charge is 0.0350 e. The number of nitrogens with two attached hydrogens (primary N) is 1. The highest BCUT2D eigenvalue weighted by molar-refractivity contribution is 14.1. The molecule has 0 unspecified atom stereocenters. The lowest BCUT2D eigenvalue weighted by Crippen LogP contribution is -1.96. The zero-order chi connectivity index (χ0) is 10.7. The minimum Gasteiger partial charge on any atom is -0.398 e. The van der Waals surface area contributed by atoms with E-state index in [9.17, 15) is 0 Å². The third-order valence-corrected chi connectivity index (χ3v) is 3.01. The van der Waals surface area contributed by atoms with Gasteiger partial charge in [0.1, 0.15) is 0 Å². The van der Waals surface area contributed by atoms with E-state index >= 15 is 0 Å². The Bertz CT molecular complexity index is 451. The summed E-state index contributed by atoms with van der Waals surface area (Å²) in [5.74, 6) is 0. The molecule has 0 atom stereocenters. The molecule has 0 aliphatic carbocycles. The van der Waals surface area contributed by atoms with Gasteiger partial charge in [0, 0.05) is 9.26 Å². The lowest BCUT2D eigenvalue weighted by atomic mass is 10.0. The molecule has 0 spiro atoms. The summed E-state index contributed by atoms with van der Waals surface area (Å²) in [6.45, 7) is 0. The van der Waals surface area contributed by atoms with Crippen molar-refractivity contribution < 1.29 is 0 Å². The Hall–Kier alpha value is -1.03. The van der Waals surface area contributed by atoms with Gasteiger partial charge in [0.05, 0.1) is 0 Å². The van der Waals surface area contributed by atoms with E-state index in [1.165, 1.54) is 14.7 Å². The largest absolute Gasteiger partial charge is 0.398 e. The van der Waals surface area contributed by atoms with Crippen LogP contribution in [0.5, 0.6) is 0 Å². The van der Waals surface area contributed by atoms with E-state index in [2.05, 4.69) is 52.9 Å². The van der Waals surface area contributed by atoms with Crippen molar-refractivity contribution >= 4 is 28.3 Å². The molecule has 0 aliphatic rings. The molecular formula is C13H12IN. The van der Waals surface area contributed by atoms with Crippen LogP contribution in [0.15, 0.2) is 48.5 Å². The van der Waals surface area contributed by atoms with Gasteiger partial charge in [0.2, 0.25) is 0 Å². The molecule has 0 saturated carbocycles. The summed E-state index contributed by atoms with van der Waals surface area (Å²) in [6.07, 6.45) is 0.906. The molecule has 76 valence electrons. The van der Waals surface area contributed by atoms with Crippen LogP contribution in [0.4, 0.5) is 5.69 Å². The van der Waals surface area contributed by atoms with Gasteiger partial charge < -0.3 is 5.73 Å². The molecule has 0 bridgehead atoms. The highest BCUT2D eigenvalue weighted by Gasteiger charge is 2.01. The van der Waals surface area contributed by atoms with Crippen molar-refractivity contribution in [2.45, 2.75) is 6.42 Å². The molecule has 0 amide bonds. The molecule has 0 radical (unpaired) electrons. The Morgan fingerprint density at radius 2 is 1.73 bits per heavy atom. The molecule has 1 nitrogen and oxygen atoms in total. The SMILES string of the molecule is Nc1ccc(I)cc1Cc1ccccc1. The molecule has 2 rings (SSSR count). The minimum atomic E-state index is 0.874. The van der Waals surface area contributed by atoms with Crippen LogP contribution in [0.1, 0.15) is 11.1 Å². The predicted molar refractivity (Wildman–Crippen MR) is 72.8 cm³/mol. The van der Waals surface area contributed by atoms with Crippen LogP contribution in [-0.2, 0) is 6.42 Å². The van der Waals surface area contributed by atoms with Gasteiger partial charge in [-0.05, 0) is 58.3 Å². The van der Waals surface area contributed by atoms with Crippen LogP contribution >= 0.6 is 22.6 Å². The summed E-state index contributed by atoms with van der Waals surface area (Å²) in [4.78, 5) is 0. The molecule has 0 saturated heterocycles. The van der Waals surface area contributed by atoms with Gasteiger partial charge in [-0.2, -0.15) is 0 Å². The van der Waals surface area contributed by atoms with Crippen LogP contribution in [0.3, 0.4) is 0 Å². The Balaban J connectivity index is 2.28.